The molecule has 0 aromatic heterocycles. The smallest absolute Gasteiger partial charge is 0.261 e. The molecule has 2 aromatic carbocycles. The highest BCUT2D eigenvalue weighted by molar-refractivity contribution is 7.92. The van der Waals surface area contributed by atoms with Crippen molar-refractivity contribution in [3.63, 3.8) is 0 Å². The number of hydrogen-bond acceptors (Lipinski definition) is 3. The summed E-state index contributed by atoms with van der Waals surface area (Å²) in [6.07, 6.45) is 7.41. The molecule has 1 heterocycles. The molecule has 2 aliphatic rings. The lowest BCUT2D eigenvalue weighted by Crippen LogP contribution is -2.35. The third kappa shape index (κ3) is 4.17. The van der Waals surface area contributed by atoms with Gasteiger partial charge in [-0.15, -0.1) is 0 Å². The number of rotatable bonds is 6. The van der Waals surface area contributed by atoms with Crippen molar-refractivity contribution in [2.45, 2.75) is 62.9 Å². The van der Waals surface area contributed by atoms with Crippen LogP contribution in [0.2, 0.25) is 0 Å². The molecule has 1 atom stereocenters. The number of hydrogen-bond donors (Lipinski definition) is 1. The topological polar surface area (TPSA) is 66.5 Å². The van der Waals surface area contributed by atoms with E-state index in [9.17, 15) is 13.2 Å². The molecule has 1 radical (unpaired) electrons. The highest BCUT2D eigenvalue weighted by atomic mass is 32.2. The van der Waals surface area contributed by atoms with Crippen molar-refractivity contribution >= 4 is 21.6 Å². The lowest BCUT2D eigenvalue weighted by molar-refractivity contribution is 0.0686. The average Bonchev–Trinajstić information content (AvgIpc) is 3.07. The first-order chi connectivity index (χ1) is 14.0. The van der Waals surface area contributed by atoms with Crippen LogP contribution in [0.3, 0.4) is 0 Å². The van der Waals surface area contributed by atoms with Crippen LogP contribution in [0.4, 0.5) is 5.69 Å². The third-order valence-electron chi connectivity index (χ3n) is 6.14. The molecule has 6 heteroatoms. The van der Waals surface area contributed by atoms with E-state index in [0.717, 1.165) is 12.0 Å². The molecule has 4 rings (SSSR count). The average molecular weight is 412 g/mol. The standard InChI is InChI=1S/C23H27N2O3S/c1-17(15-18-9-4-2-5-10-18)25-16-19-11-8-14-21(22(19)23(25)26)24-29(27,28)20-12-6-3-7-13-20/h6-8,11-14,17-18,24H,2,4-5,9-10,15-16H2,1H3. The van der Waals surface area contributed by atoms with E-state index in [4.69, 9.17) is 0 Å². The molecule has 0 spiro atoms. The first kappa shape index (κ1) is 20.0. The van der Waals surface area contributed by atoms with Crippen LogP contribution in [0.25, 0.3) is 0 Å². The van der Waals surface area contributed by atoms with Crippen LogP contribution in [-0.4, -0.2) is 25.3 Å². The summed E-state index contributed by atoms with van der Waals surface area (Å²) >= 11 is 0. The minimum absolute atomic E-state index is 0.0806. The van der Waals surface area contributed by atoms with Crippen LogP contribution in [0.5, 0.6) is 0 Å². The van der Waals surface area contributed by atoms with Gasteiger partial charge < -0.3 is 4.90 Å². The van der Waals surface area contributed by atoms with E-state index < -0.39 is 10.0 Å². The van der Waals surface area contributed by atoms with Crippen LogP contribution in [0.15, 0.2) is 47.4 Å². The molecule has 1 amide bonds. The summed E-state index contributed by atoms with van der Waals surface area (Å²) in [6.45, 7) is 2.65. The Labute approximate surface area is 173 Å². The maximum atomic E-state index is 13.2. The molecule has 2 aromatic rings. The molecule has 153 valence electrons. The van der Waals surface area contributed by atoms with Crippen molar-refractivity contribution in [1.29, 1.82) is 0 Å². The molecule has 0 saturated heterocycles. The normalized spacial score (nSPS) is 18.5. The van der Waals surface area contributed by atoms with Crippen LogP contribution in [0, 0.1) is 12.0 Å². The van der Waals surface area contributed by atoms with Crippen molar-refractivity contribution in [2.24, 2.45) is 5.92 Å². The van der Waals surface area contributed by atoms with E-state index in [2.05, 4.69) is 17.7 Å². The number of amides is 1. The zero-order valence-corrected chi connectivity index (χ0v) is 17.5. The Kier molecular flexibility index (Phi) is 5.63. The van der Waals surface area contributed by atoms with Gasteiger partial charge >= 0.3 is 0 Å². The number of nitrogens with zero attached hydrogens (tertiary/aromatic N) is 1. The molecule has 1 aliphatic heterocycles. The van der Waals surface area contributed by atoms with E-state index in [-0.39, 0.29) is 16.8 Å². The predicted molar refractivity (Wildman–Crippen MR) is 113 cm³/mol. The van der Waals surface area contributed by atoms with Crippen LogP contribution >= 0.6 is 0 Å². The molecule has 1 N–H and O–H groups in total. The summed E-state index contributed by atoms with van der Waals surface area (Å²) in [5.74, 6) is 0.603. The van der Waals surface area contributed by atoms with Crippen LogP contribution < -0.4 is 4.72 Å². The Balaban J connectivity index is 1.54. The summed E-state index contributed by atoms with van der Waals surface area (Å²) in [5, 5.41) is 0. The van der Waals surface area contributed by atoms with E-state index in [0.29, 0.717) is 23.7 Å². The first-order valence-corrected chi connectivity index (χ1v) is 11.9. The Morgan fingerprint density at radius 2 is 1.86 bits per heavy atom. The largest absolute Gasteiger partial charge is 0.332 e. The monoisotopic (exact) mass is 411 g/mol. The molecular weight excluding hydrogens is 384 g/mol. The number of sulfonamides is 1. The van der Waals surface area contributed by atoms with Gasteiger partial charge in [0.1, 0.15) is 0 Å². The third-order valence-corrected chi connectivity index (χ3v) is 7.52. The number of anilines is 1. The number of carbonyl (C=O) groups is 1. The summed E-state index contributed by atoms with van der Waals surface area (Å²) < 4.78 is 28.1. The molecule has 1 aliphatic carbocycles. The minimum atomic E-state index is -3.76. The van der Waals surface area contributed by atoms with E-state index in [1.165, 1.54) is 44.2 Å². The number of carbonyl (C=O) groups excluding carboxylic acids is 1. The second-order valence-electron chi connectivity index (χ2n) is 8.20. The second kappa shape index (κ2) is 8.19. The zero-order chi connectivity index (χ0) is 20.4. The maximum absolute atomic E-state index is 13.2. The Hall–Kier alpha value is -2.34. The number of fused-ring (bicyclic) bond motifs is 1. The van der Waals surface area contributed by atoms with Gasteiger partial charge in [0.2, 0.25) is 0 Å². The van der Waals surface area contributed by atoms with Gasteiger partial charge in [0.15, 0.2) is 0 Å². The van der Waals surface area contributed by atoms with Gasteiger partial charge in [0, 0.05) is 12.6 Å². The van der Waals surface area contributed by atoms with E-state index >= 15 is 0 Å². The summed E-state index contributed by atoms with van der Waals surface area (Å²) in [5.41, 5.74) is 1.72. The van der Waals surface area contributed by atoms with Gasteiger partial charge in [0.05, 0.1) is 16.1 Å². The minimum Gasteiger partial charge on any atom is -0.332 e. The van der Waals surface area contributed by atoms with Gasteiger partial charge in [-0.3, -0.25) is 9.52 Å². The van der Waals surface area contributed by atoms with Crippen molar-refractivity contribution in [1.82, 2.24) is 4.90 Å². The summed E-state index contributed by atoms with van der Waals surface area (Å²) in [6, 6.07) is 14.4. The van der Waals surface area contributed by atoms with Crippen LogP contribution in [0.1, 0.15) is 61.4 Å². The van der Waals surface area contributed by atoms with Crippen LogP contribution in [-0.2, 0) is 16.6 Å². The summed E-state index contributed by atoms with van der Waals surface area (Å²) in [7, 11) is -3.76. The Morgan fingerprint density at radius 3 is 2.59 bits per heavy atom. The molecule has 1 saturated carbocycles. The SMILES string of the molecule is CC(CC1CCCCC1)N1Cc2cccc(NS(=O)(=O)c3cc[c]cc3)c2C1=O. The number of nitrogens with one attached hydrogen (secondary N) is 1. The van der Waals surface area contributed by atoms with Crippen molar-refractivity contribution < 1.29 is 13.2 Å². The zero-order valence-electron chi connectivity index (χ0n) is 16.7. The Morgan fingerprint density at radius 1 is 1.14 bits per heavy atom. The van der Waals surface area contributed by atoms with Crippen molar-refractivity contribution in [3.8, 4) is 0 Å². The second-order valence-corrected chi connectivity index (χ2v) is 9.89. The molecule has 5 nitrogen and oxygen atoms in total. The lowest BCUT2D eigenvalue weighted by Gasteiger charge is -2.30. The molecule has 1 fully saturated rings. The highest BCUT2D eigenvalue weighted by Crippen LogP contribution is 2.35. The fourth-order valence-corrected chi connectivity index (χ4v) is 5.68. The van der Waals surface area contributed by atoms with Gasteiger partial charge in [-0.25, -0.2) is 8.42 Å². The van der Waals surface area contributed by atoms with Gasteiger partial charge in [0.25, 0.3) is 15.9 Å². The van der Waals surface area contributed by atoms with Gasteiger partial charge in [-0.2, -0.15) is 0 Å². The molecule has 1 unspecified atom stereocenters. The summed E-state index contributed by atoms with van der Waals surface area (Å²) in [4.78, 5) is 15.3. The molecular formula is C23H27N2O3S. The van der Waals surface area contributed by atoms with Gasteiger partial charge in [-0.1, -0.05) is 56.4 Å². The molecule has 29 heavy (non-hydrogen) atoms. The number of benzene rings is 2. The fraction of sp³-hybridized carbons (Fsp3) is 0.435. The quantitative estimate of drug-likeness (QED) is 0.755. The predicted octanol–water partition coefficient (Wildman–Crippen LogP) is 4.60. The first-order valence-electron chi connectivity index (χ1n) is 10.4. The fourth-order valence-electron chi connectivity index (χ4n) is 4.61. The van der Waals surface area contributed by atoms with Gasteiger partial charge in [-0.05, 0) is 49.1 Å². The van der Waals surface area contributed by atoms with E-state index in [1.54, 1.807) is 24.3 Å². The van der Waals surface area contributed by atoms with Crippen molar-refractivity contribution in [3.05, 3.63) is 59.7 Å². The van der Waals surface area contributed by atoms with E-state index in [1.807, 2.05) is 11.0 Å². The van der Waals surface area contributed by atoms with Crippen molar-refractivity contribution in [2.75, 3.05) is 4.72 Å². The highest BCUT2D eigenvalue weighted by Gasteiger charge is 2.34. The lowest BCUT2D eigenvalue weighted by atomic mass is 9.85. The maximum Gasteiger partial charge on any atom is 0.261 e. The Bertz CT molecular complexity index is 982. The molecule has 0 bridgehead atoms.